The van der Waals surface area contributed by atoms with Crippen LogP contribution in [-0.4, -0.2) is 52.9 Å². The van der Waals surface area contributed by atoms with E-state index in [1.54, 1.807) is 49.6 Å². The van der Waals surface area contributed by atoms with E-state index in [9.17, 15) is 14.7 Å². The minimum absolute atomic E-state index is 0.158. The largest absolute Gasteiger partial charge is 0.497 e. The maximum Gasteiger partial charge on any atom is 0.323 e. The molecular weight excluding hydrogens is 480 g/mol. The van der Waals surface area contributed by atoms with Gasteiger partial charge in [0.25, 0.3) is 0 Å². The molecule has 0 saturated carbocycles. The normalized spacial score (nSPS) is 19.3. The molecule has 1 N–H and O–H groups in total. The van der Waals surface area contributed by atoms with E-state index >= 15 is 0 Å². The van der Waals surface area contributed by atoms with E-state index in [0.29, 0.717) is 22.9 Å². The highest BCUT2D eigenvalue weighted by atomic mass is 32.2. The summed E-state index contributed by atoms with van der Waals surface area (Å²) in [6.07, 6.45) is 1.39. The van der Waals surface area contributed by atoms with Crippen LogP contribution in [-0.2, 0) is 16.1 Å². The SMILES string of the molecule is COc1ccc(CN2C(=O)C[C@](Sc3ccc(C)cc3)(C(=O)O)[C@H]2c2ccnc(OC)c2)c(OC)c1. The minimum Gasteiger partial charge on any atom is -0.497 e. The molecule has 0 aliphatic carbocycles. The van der Waals surface area contributed by atoms with Crippen LogP contribution in [0.15, 0.2) is 65.7 Å². The number of carboxylic acids is 1. The summed E-state index contributed by atoms with van der Waals surface area (Å²) in [6.45, 7) is 2.13. The molecular formula is C27H28N2O6S. The molecule has 9 heteroatoms. The number of hydrogen-bond donors (Lipinski definition) is 1. The van der Waals surface area contributed by atoms with Gasteiger partial charge in [0.2, 0.25) is 11.8 Å². The van der Waals surface area contributed by atoms with Crippen LogP contribution in [0.2, 0.25) is 0 Å². The number of pyridine rings is 1. The Labute approximate surface area is 214 Å². The van der Waals surface area contributed by atoms with Gasteiger partial charge in [0.15, 0.2) is 4.75 Å². The van der Waals surface area contributed by atoms with E-state index in [0.717, 1.165) is 16.0 Å². The van der Waals surface area contributed by atoms with E-state index in [-0.39, 0.29) is 18.9 Å². The van der Waals surface area contributed by atoms with Crippen molar-refractivity contribution in [1.82, 2.24) is 9.88 Å². The summed E-state index contributed by atoms with van der Waals surface area (Å²) in [5.41, 5.74) is 2.43. The zero-order chi connectivity index (χ0) is 25.9. The van der Waals surface area contributed by atoms with Crippen LogP contribution < -0.4 is 14.2 Å². The number of aryl methyl sites for hydroxylation is 1. The molecule has 2 aromatic carbocycles. The molecule has 4 rings (SSSR count). The van der Waals surface area contributed by atoms with Crippen molar-refractivity contribution in [3.8, 4) is 17.4 Å². The smallest absolute Gasteiger partial charge is 0.323 e. The number of carbonyl (C=O) groups excluding carboxylic acids is 1. The second kappa shape index (κ2) is 10.5. The van der Waals surface area contributed by atoms with Crippen LogP contribution in [0.1, 0.15) is 29.2 Å². The summed E-state index contributed by atoms with van der Waals surface area (Å²) >= 11 is 1.19. The fourth-order valence-electron chi connectivity index (χ4n) is 4.46. The van der Waals surface area contributed by atoms with Gasteiger partial charge in [0.05, 0.1) is 33.8 Å². The predicted molar refractivity (Wildman–Crippen MR) is 136 cm³/mol. The van der Waals surface area contributed by atoms with Gasteiger partial charge in [0, 0.05) is 35.3 Å². The molecule has 3 aromatic rings. The standard InChI is InChI=1S/C27H28N2O6S/c1-17-5-9-21(10-6-17)36-27(26(31)32)15-24(30)29(25(27)18-11-12-28-23(13-18)35-4)16-19-7-8-20(33-2)14-22(19)34-3/h5-14,25H,15-16H2,1-4H3,(H,31,32)/t25-,27-/m1/s1. The molecule has 1 fully saturated rings. The number of carboxylic acid groups (broad SMARTS) is 1. The summed E-state index contributed by atoms with van der Waals surface area (Å²) < 4.78 is 14.7. The Morgan fingerprint density at radius 2 is 1.83 bits per heavy atom. The number of hydrogen-bond acceptors (Lipinski definition) is 7. The first-order valence-electron chi connectivity index (χ1n) is 11.3. The van der Waals surface area contributed by atoms with E-state index < -0.39 is 16.8 Å². The van der Waals surface area contributed by atoms with Gasteiger partial charge >= 0.3 is 5.97 Å². The van der Waals surface area contributed by atoms with Crippen LogP contribution >= 0.6 is 11.8 Å². The van der Waals surface area contributed by atoms with Crippen LogP contribution in [0.25, 0.3) is 0 Å². The number of nitrogens with zero attached hydrogens (tertiary/aromatic N) is 2. The van der Waals surface area contributed by atoms with Gasteiger partial charge < -0.3 is 24.2 Å². The van der Waals surface area contributed by atoms with Gasteiger partial charge in [-0.15, -0.1) is 11.8 Å². The summed E-state index contributed by atoms with van der Waals surface area (Å²) in [5, 5.41) is 10.6. The lowest BCUT2D eigenvalue weighted by Crippen LogP contribution is -2.41. The summed E-state index contributed by atoms with van der Waals surface area (Å²) in [5.74, 6) is 0.177. The lowest BCUT2D eigenvalue weighted by Gasteiger charge is -2.35. The van der Waals surface area contributed by atoms with Crippen LogP contribution in [0.3, 0.4) is 0 Å². The lowest BCUT2D eigenvalue weighted by molar-refractivity contribution is -0.140. The number of carbonyl (C=O) groups is 2. The Morgan fingerprint density at radius 1 is 1.08 bits per heavy atom. The molecule has 2 heterocycles. The zero-order valence-corrected chi connectivity index (χ0v) is 21.4. The fraction of sp³-hybridized carbons (Fsp3) is 0.296. The Bertz CT molecular complexity index is 1270. The summed E-state index contributed by atoms with van der Waals surface area (Å²) in [6, 6.07) is 15.6. The van der Waals surface area contributed by atoms with E-state index in [4.69, 9.17) is 14.2 Å². The van der Waals surface area contributed by atoms with Crippen LogP contribution in [0, 0.1) is 6.92 Å². The Hall–Kier alpha value is -3.72. The average molecular weight is 509 g/mol. The van der Waals surface area contributed by atoms with E-state index in [2.05, 4.69) is 4.98 Å². The Morgan fingerprint density at radius 3 is 2.47 bits per heavy atom. The number of benzene rings is 2. The molecule has 1 amide bonds. The van der Waals surface area contributed by atoms with Crippen LogP contribution in [0.5, 0.6) is 17.4 Å². The number of methoxy groups -OCH3 is 3. The van der Waals surface area contributed by atoms with E-state index in [1.165, 1.54) is 18.9 Å². The third kappa shape index (κ3) is 4.83. The number of aromatic nitrogens is 1. The predicted octanol–water partition coefficient (Wildman–Crippen LogP) is 4.51. The van der Waals surface area contributed by atoms with Crippen molar-refractivity contribution in [2.75, 3.05) is 21.3 Å². The molecule has 0 unspecified atom stereocenters. The van der Waals surface area contributed by atoms with Crippen molar-refractivity contribution in [2.45, 2.75) is 35.6 Å². The quantitative estimate of drug-likeness (QED) is 0.451. The minimum atomic E-state index is -1.47. The maximum atomic E-state index is 13.5. The number of aliphatic carboxylic acids is 1. The van der Waals surface area contributed by atoms with Gasteiger partial charge in [-0.1, -0.05) is 17.7 Å². The highest BCUT2D eigenvalue weighted by Gasteiger charge is 2.58. The van der Waals surface area contributed by atoms with Crippen molar-refractivity contribution < 1.29 is 28.9 Å². The van der Waals surface area contributed by atoms with Crippen molar-refractivity contribution in [3.05, 3.63) is 77.5 Å². The second-order valence-corrected chi connectivity index (χ2v) is 9.92. The summed E-state index contributed by atoms with van der Waals surface area (Å²) in [7, 11) is 4.61. The number of ether oxygens (including phenoxy) is 3. The molecule has 0 spiro atoms. The molecule has 1 aliphatic rings. The molecule has 8 nitrogen and oxygen atoms in total. The number of rotatable bonds is 9. The first-order valence-corrected chi connectivity index (χ1v) is 12.1. The molecule has 0 radical (unpaired) electrons. The molecule has 1 aromatic heterocycles. The second-order valence-electron chi connectivity index (χ2n) is 8.52. The molecule has 2 atom stereocenters. The maximum absolute atomic E-state index is 13.5. The first kappa shape index (κ1) is 25.4. The zero-order valence-electron chi connectivity index (χ0n) is 20.6. The summed E-state index contributed by atoms with van der Waals surface area (Å²) in [4.78, 5) is 33.1. The Kier molecular flexibility index (Phi) is 7.40. The lowest BCUT2D eigenvalue weighted by atomic mass is 9.93. The first-order chi connectivity index (χ1) is 17.3. The number of likely N-dealkylation sites (tertiary alicyclic amines) is 1. The van der Waals surface area contributed by atoms with Crippen molar-refractivity contribution in [3.63, 3.8) is 0 Å². The molecule has 0 bridgehead atoms. The third-order valence-electron chi connectivity index (χ3n) is 6.29. The van der Waals surface area contributed by atoms with Gasteiger partial charge in [-0.3, -0.25) is 9.59 Å². The van der Waals surface area contributed by atoms with Gasteiger partial charge in [0.1, 0.15) is 11.5 Å². The fourth-order valence-corrected chi connectivity index (χ4v) is 5.82. The van der Waals surface area contributed by atoms with Crippen molar-refractivity contribution in [2.24, 2.45) is 0 Å². The van der Waals surface area contributed by atoms with Crippen molar-refractivity contribution in [1.29, 1.82) is 0 Å². The Balaban J connectivity index is 1.83. The van der Waals surface area contributed by atoms with Gasteiger partial charge in [-0.2, -0.15) is 0 Å². The topological polar surface area (TPSA) is 98.2 Å². The molecule has 1 aliphatic heterocycles. The molecule has 1 saturated heterocycles. The average Bonchev–Trinajstić information content (AvgIpc) is 3.17. The van der Waals surface area contributed by atoms with Crippen LogP contribution in [0.4, 0.5) is 0 Å². The van der Waals surface area contributed by atoms with E-state index in [1.807, 2.05) is 37.3 Å². The van der Waals surface area contributed by atoms with Gasteiger partial charge in [-0.25, -0.2) is 4.98 Å². The number of thioether (sulfide) groups is 1. The monoisotopic (exact) mass is 508 g/mol. The number of amides is 1. The molecule has 188 valence electrons. The van der Waals surface area contributed by atoms with Crippen molar-refractivity contribution >= 4 is 23.6 Å². The third-order valence-corrected chi connectivity index (χ3v) is 7.70. The molecule has 36 heavy (non-hydrogen) atoms. The van der Waals surface area contributed by atoms with Gasteiger partial charge in [-0.05, 0) is 42.8 Å². The highest BCUT2D eigenvalue weighted by molar-refractivity contribution is 8.01. The highest BCUT2D eigenvalue weighted by Crippen LogP contribution is 2.53.